The van der Waals surface area contributed by atoms with Gasteiger partial charge in [-0.05, 0) is 60.9 Å². The van der Waals surface area contributed by atoms with Crippen molar-refractivity contribution in [2.24, 2.45) is 11.8 Å². The molecule has 0 N–H and O–H groups in total. The Morgan fingerprint density at radius 1 is 0.767 bits per heavy atom. The summed E-state index contributed by atoms with van der Waals surface area (Å²) >= 11 is 0. The third-order valence-corrected chi connectivity index (χ3v) is 6.59. The van der Waals surface area contributed by atoms with Gasteiger partial charge >= 0.3 is 5.97 Å². The monoisotopic (exact) mass is 394 g/mol. The van der Waals surface area contributed by atoms with Crippen molar-refractivity contribution in [2.45, 2.75) is 32.3 Å². The number of hydrogen-bond donors (Lipinski definition) is 0. The molecule has 0 radical (unpaired) electrons. The van der Waals surface area contributed by atoms with E-state index in [2.05, 4.69) is 60.7 Å². The molecular formula is C28H26O2. The summed E-state index contributed by atoms with van der Waals surface area (Å²) in [4.78, 5) is 12.8. The van der Waals surface area contributed by atoms with Gasteiger partial charge in [0.15, 0.2) is 0 Å². The van der Waals surface area contributed by atoms with Crippen LogP contribution in [0.3, 0.4) is 0 Å². The smallest absolute Gasteiger partial charge is 0.338 e. The molecule has 3 aromatic rings. The lowest BCUT2D eigenvalue weighted by molar-refractivity contribution is 0.0170. The van der Waals surface area contributed by atoms with E-state index in [-0.39, 0.29) is 12.1 Å². The van der Waals surface area contributed by atoms with Crippen LogP contribution in [0.1, 0.15) is 46.3 Å². The van der Waals surface area contributed by atoms with Gasteiger partial charge in [-0.15, -0.1) is 0 Å². The van der Waals surface area contributed by atoms with E-state index in [1.165, 1.54) is 28.7 Å². The predicted octanol–water partition coefficient (Wildman–Crippen LogP) is 6.45. The second-order valence-corrected chi connectivity index (χ2v) is 8.49. The van der Waals surface area contributed by atoms with Crippen LogP contribution in [0.5, 0.6) is 0 Å². The maximum atomic E-state index is 12.8. The Bertz CT molecular complexity index is 1020. The van der Waals surface area contributed by atoms with Gasteiger partial charge in [-0.3, -0.25) is 0 Å². The van der Waals surface area contributed by atoms with Crippen LogP contribution in [-0.4, -0.2) is 12.1 Å². The highest BCUT2D eigenvalue weighted by Crippen LogP contribution is 2.54. The lowest BCUT2D eigenvalue weighted by Gasteiger charge is -2.22. The minimum atomic E-state index is -0.201. The molecule has 0 aromatic heterocycles. The molecule has 0 saturated heterocycles. The quantitative estimate of drug-likeness (QED) is 0.475. The fourth-order valence-electron chi connectivity index (χ4n) is 5.19. The third kappa shape index (κ3) is 3.47. The highest BCUT2D eigenvalue weighted by Gasteiger charge is 2.47. The summed E-state index contributed by atoms with van der Waals surface area (Å²) in [5.74, 6) is 0.592. The SMILES string of the molecule is Cc1ccc(C(=O)O[C@@H]2C[C@@H]3CC[C@H]2C3=C(c2ccccc2)c2ccccc2)cc1. The van der Waals surface area contributed by atoms with E-state index in [1.807, 2.05) is 31.2 Å². The van der Waals surface area contributed by atoms with Gasteiger partial charge in [-0.25, -0.2) is 4.79 Å². The lowest BCUT2D eigenvalue weighted by Crippen LogP contribution is -2.24. The molecule has 2 nitrogen and oxygen atoms in total. The number of rotatable bonds is 4. The number of hydrogen-bond acceptors (Lipinski definition) is 2. The second kappa shape index (κ2) is 7.95. The molecule has 2 saturated carbocycles. The van der Waals surface area contributed by atoms with Crippen LogP contribution in [0.4, 0.5) is 0 Å². The zero-order valence-corrected chi connectivity index (χ0v) is 17.3. The molecule has 2 heteroatoms. The van der Waals surface area contributed by atoms with Gasteiger partial charge < -0.3 is 4.74 Å². The summed E-state index contributed by atoms with van der Waals surface area (Å²) < 4.78 is 6.05. The van der Waals surface area contributed by atoms with Crippen LogP contribution < -0.4 is 0 Å². The summed E-state index contributed by atoms with van der Waals surface area (Å²) in [6, 6.07) is 29.0. The van der Waals surface area contributed by atoms with E-state index in [0.29, 0.717) is 17.4 Å². The van der Waals surface area contributed by atoms with E-state index in [1.54, 1.807) is 0 Å². The van der Waals surface area contributed by atoms with Crippen LogP contribution in [0, 0.1) is 18.8 Å². The molecule has 2 fully saturated rings. The number of benzene rings is 3. The Morgan fingerprint density at radius 2 is 1.37 bits per heavy atom. The van der Waals surface area contributed by atoms with Crippen molar-refractivity contribution in [3.8, 4) is 0 Å². The predicted molar refractivity (Wildman–Crippen MR) is 120 cm³/mol. The maximum Gasteiger partial charge on any atom is 0.338 e. The number of esters is 1. The zero-order valence-electron chi connectivity index (χ0n) is 17.3. The van der Waals surface area contributed by atoms with E-state index in [9.17, 15) is 4.79 Å². The van der Waals surface area contributed by atoms with Crippen molar-refractivity contribution >= 4 is 11.5 Å². The van der Waals surface area contributed by atoms with Gasteiger partial charge in [0, 0.05) is 5.92 Å². The van der Waals surface area contributed by atoms with Gasteiger partial charge in [0.05, 0.1) is 5.56 Å². The van der Waals surface area contributed by atoms with Crippen molar-refractivity contribution < 1.29 is 9.53 Å². The van der Waals surface area contributed by atoms with E-state index < -0.39 is 0 Å². The molecule has 0 amide bonds. The van der Waals surface area contributed by atoms with E-state index in [4.69, 9.17) is 4.74 Å². The van der Waals surface area contributed by atoms with Gasteiger partial charge in [-0.1, -0.05) is 83.9 Å². The van der Waals surface area contributed by atoms with Crippen LogP contribution in [0.25, 0.3) is 5.57 Å². The maximum absolute atomic E-state index is 12.8. The molecule has 30 heavy (non-hydrogen) atoms. The van der Waals surface area contributed by atoms with E-state index in [0.717, 1.165) is 18.4 Å². The first kappa shape index (κ1) is 18.9. The molecule has 0 spiro atoms. The molecule has 2 aliphatic rings. The largest absolute Gasteiger partial charge is 0.458 e. The third-order valence-electron chi connectivity index (χ3n) is 6.59. The van der Waals surface area contributed by atoms with Crippen LogP contribution in [0.2, 0.25) is 0 Å². The Morgan fingerprint density at radius 3 is 1.97 bits per heavy atom. The molecule has 5 rings (SSSR count). The summed E-state index contributed by atoms with van der Waals surface area (Å²) in [6.07, 6.45) is 3.17. The average molecular weight is 395 g/mol. The van der Waals surface area contributed by atoms with Crippen molar-refractivity contribution in [1.29, 1.82) is 0 Å². The highest BCUT2D eigenvalue weighted by molar-refractivity contribution is 5.90. The molecule has 2 bridgehead atoms. The normalized spacial score (nSPS) is 22.2. The molecule has 150 valence electrons. The summed E-state index contributed by atoms with van der Waals surface area (Å²) in [7, 11) is 0. The molecule has 2 aliphatic carbocycles. The number of fused-ring (bicyclic) bond motifs is 2. The van der Waals surface area contributed by atoms with Crippen molar-refractivity contribution in [3.05, 3.63) is 113 Å². The Labute approximate surface area is 178 Å². The molecule has 3 atom stereocenters. The highest BCUT2D eigenvalue weighted by atomic mass is 16.5. The summed E-state index contributed by atoms with van der Waals surface area (Å²) in [6.45, 7) is 2.02. The summed E-state index contributed by atoms with van der Waals surface area (Å²) in [5.41, 5.74) is 7.10. The van der Waals surface area contributed by atoms with Crippen LogP contribution in [-0.2, 0) is 4.74 Å². The molecular weight excluding hydrogens is 368 g/mol. The van der Waals surface area contributed by atoms with Crippen molar-refractivity contribution in [3.63, 3.8) is 0 Å². The van der Waals surface area contributed by atoms with Crippen molar-refractivity contribution in [2.75, 3.05) is 0 Å². The Balaban J connectivity index is 1.50. The second-order valence-electron chi connectivity index (χ2n) is 8.49. The molecule has 3 aromatic carbocycles. The van der Waals surface area contributed by atoms with Gasteiger partial charge in [0.1, 0.15) is 6.10 Å². The Hall–Kier alpha value is -3.13. The first-order valence-electron chi connectivity index (χ1n) is 10.8. The molecule has 0 unspecified atom stereocenters. The standard InChI is InChI=1S/C28H26O2/c1-19-12-14-22(15-13-19)28(29)30-25-18-23-16-17-24(25)27(23)26(20-8-4-2-5-9-20)21-10-6-3-7-11-21/h2-15,23-25H,16-18H2,1H3/t23-,24+,25+/m0/s1. The number of aryl methyl sites for hydroxylation is 1. The first-order chi connectivity index (χ1) is 14.7. The topological polar surface area (TPSA) is 26.3 Å². The average Bonchev–Trinajstić information content (AvgIpc) is 3.33. The molecule has 0 aliphatic heterocycles. The van der Waals surface area contributed by atoms with Gasteiger partial charge in [0.2, 0.25) is 0 Å². The van der Waals surface area contributed by atoms with Gasteiger partial charge in [0.25, 0.3) is 0 Å². The number of carbonyl (C=O) groups is 1. The lowest BCUT2D eigenvalue weighted by atomic mass is 9.88. The Kier molecular flexibility index (Phi) is 5.00. The van der Waals surface area contributed by atoms with Crippen molar-refractivity contribution in [1.82, 2.24) is 0 Å². The van der Waals surface area contributed by atoms with Crippen LogP contribution >= 0.6 is 0 Å². The summed E-state index contributed by atoms with van der Waals surface area (Å²) in [5, 5.41) is 0. The number of carbonyl (C=O) groups excluding carboxylic acids is 1. The first-order valence-corrected chi connectivity index (χ1v) is 10.8. The minimum Gasteiger partial charge on any atom is -0.458 e. The fraction of sp³-hybridized carbons (Fsp3) is 0.250. The van der Waals surface area contributed by atoms with Gasteiger partial charge in [-0.2, -0.15) is 0 Å². The fourth-order valence-corrected chi connectivity index (χ4v) is 5.19. The minimum absolute atomic E-state index is 0.0324. The van der Waals surface area contributed by atoms with Crippen LogP contribution in [0.15, 0.2) is 90.5 Å². The zero-order chi connectivity index (χ0) is 20.5. The van der Waals surface area contributed by atoms with E-state index >= 15 is 0 Å². The molecule has 0 heterocycles. The number of ether oxygens (including phenoxy) is 1.